The Labute approximate surface area is 115 Å². The molecule has 1 aromatic carbocycles. The Morgan fingerprint density at radius 1 is 1.21 bits per heavy atom. The van der Waals surface area contributed by atoms with E-state index in [4.69, 9.17) is 5.73 Å². The van der Waals surface area contributed by atoms with E-state index in [1.165, 1.54) is 0 Å². The molecule has 1 aromatic rings. The lowest BCUT2D eigenvalue weighted by molar-refractivity contribution is -0.142. The Kier molecular flexibility index (Phi) is 4.25. The van der Waals surface area contributed by atoms with Gasteiger partial charge in [-0.05, 0) is 45.4 Å². The van der Waals surface area contributed by atoms with Crippen molar-refractivity contribution in [1.82, 2.24) is 4.90 Å². The van der Waals surface area contributed by atoms with Gasteiger partial charge in [-0.3, -0.25) is 4.79 Å². The number of phenols is 1. The average molecular weight is 264 g/mol. The van der Waals surface area contributed by atoms with Gasteiger partial charge >= 0.3 is 0 Å². The highest BCUT2D eigenvalue weighted by molar-refractivity contribution is 5.83. The van der Waals surface area contributed by atoms with Gasteiger partial charge in [0.1, 0.15) is 5.75 Å². The van der Waals surface area contributed by atoms with Crippen molar-refractivity contribution in [3.63, 3.8) is 0 Å². The van der Waals surface area contributed by atoms with Gasteiger partial charge in [0, 0.05) is 19.1 Å². The first-order chi connectivity index (χ1) is 8.55. The summed E-state index contributed by atoms with van der Waals surface area (Å²) in [5.41, 5.74) is 5.83. The van der Waals surface area contributed by atoms with Crippen molar-refractivity contribution in [3.8, 4) is 5.75 Å². The summed E-state index contributed by atoms with van der Waals surface area (Å²) in [6.45, 7) is 7.95. The molecule has 0 heterocycles. The van der Waals surface area contributed by atoms with E-state index in [1.807, 2.05) is 27.7 Å². The molecule has 0 fully saturated rings. The maximum Gasteiger partial charge on any atom is 0.230 e. The molecule has 0 bridgehead atoms. The van der Waals surface area contributed by atoms with Crippen molar-refractivity contribution in [2.75, 3.05) is 7.05 Å². The Morgan fingerprint density at radius 2 is 1.68 bits per heavy atom. The van der Waals surface area contributed by atoms with Crippen LogP contribution in [-0.4, -0.2) is 28.5 Å². The van der Waals surface area contributed by atoms with Crippen molar-refractivity contribution in [1.29, 1.82) is 0 Å². The molecule has 0 aliphatic carbocycles. The number of nitrogens with two attached hydrogens (primary N) is 1. The summed E-state index contributed by atoms with van der Waals surface area (Å²) in [4.78, 5) is 14.1. The SMILES string of the molecule is CN(Cc1ccc(O)cc1)C(=O)C(C)(C)C(C)(C)N. The fraction of sp³-hybridized carbons (Fsp3) is 0.533. The van der Waals surface area contributed by atoms with Crippen molar-refractivity contribution in [2.24, 2.45) is 11.1 Å². The maximum absolute atomic E-state index is 12.5. The van der Waals surface area contributed by atoms with Crippen molar-refractivity contribution in [3.05, 3.63) is 29.8 Å². The second-order valence-corrected chi connectivity index (χ2v) is 6.17. The summed E-state index contributed by atoms with van der Waals surface area (Å²) < 4.78 is 0. The topological polar surface area (TPSA) is 66.6 Å². The van der Waals surface area contributed by atoms with Crippen LogP contribution in [0.15, 0.2) is 24.3 Å². The van der Waals surface area contributed by atoms with Crippen LogP contribution in [0.4, 0.5) is 0 Å². The Morgan fingerprint density at radius 3 is 2.11 bits per heavy atom. The van der Waals surface area contributed by atoms with E-state index in [2.05, 4.69) is 0 Å². The minimum atomic E-state index is -0.640. The van der Waals surface area contributed by atoms with Crippen LogP contribution in [0.25, 0.3) is 0 Å². The first kappa shape index (κ1) is 15.5. The third-order valence-corrected chi connectivity index (χ3v) is 3.85. The molecule has 3 N–H and O–H groups in total. The zero-order chi connectivity index (χ0) is 14.8. The van der Waals surface area contributed by atoms with Crippen LogP contribution < -0.4 is 5.73 Å². The van der Waals surface area contributed by atoms with E-state index in [9.17, 15) is 9.90 Å². The van der Waals surface area contributed by atoms with Crippen molar-refractivity contribution >= 4 is 5.91 Å². The summed E-state index contributed by atoms with van der Waals surface area (Å²) in [5.74, 6) is 0.231. The molecule has 0 saturated carbocycles. The standard InChI is InChI=1S/C15H24N2O2/c1-14(2,15(3,4)16)13(19)17(5)10-11-6-8-12(18)9-7-11/h6-9,18H,10,16H2,1-5H3. The van der Waals surface area contributed by atoms with Crippen LogP contribution in [0, 0.1) is 5.41 Å². The molecule has 4 heteroatoms. The summed E-state index contributed by atoms with van der Waals surface area (Å²) in [6, 6.07) is 6.84. The highest BCUT2D eigenvalue weighted by Crippen LogP contribution is 2.30. The van der Waals surface area contributed by atoms with Crippen LogP contribution in [0.5, 0.6) is 5.75 Å². The number of hydrogen-bond acceptors (Lipinski definition) is 3. The first-order valence-corrected chi connectivity index (χ1v) is 6.38. The summed E-state index contributed by atoms with van der Waals surface area (Å²) in [6.07, 6.45) is 0. The number of benzene rings is 1. The Hall–Kier alpha value is -1.55. The van der Waals surface area contributed by atoms with Gasteiger partial charge in [-0.2, -0.15) is 0 Å². The maximum atomic E-state index is 12.5. The number of hydrogen-bond donors (Lipinski definition) is 2. The predicted octanol–water partition coefficient (Wildman–Crippen LogP) is 2.11. The van der Waals surface area contributed by atoms with Gasteiger partial charge in [0.2, 0.25) is 5.91 Å². The van der Waals surface area contributed by atoms with Crippen molar-refractivity contribution < 1.29 is 9.90 Å². The molecular formula is C15H24N2O2. The normalized spacial score (nSPS) is 12.3. The fourth-order valence-electron chi connectivity index (χ4n) is 1.70. The monoisotopic (exact) mass is 264 g/mol. The zero-order valence-corrected chi connectivity index (χ0v) is 12.4. The largest absolute Gasteiger partial charge is 0.508 e. The van der Waals surface area contributed by atoms with E-state index < -0.39 is 11.0 Å². The summed E-state index contributed by atoms with van der Waals surface area (Å²) in [7, 11) is 1.77. The summed E-state index contributed by atoms with van der Waals surface area (Å²) >= 11 is 0. The van der Waals surface area contributed by atoms with E-state index in [-0.39, 0.29) is 11.7 Å². The quantitative estimate of drug-likeness (QED) is 0.875. The van der Waals surface area contributed by atoms with Crippen LogP contribution in [0.3, 0.4) is 0 Å². The van der Waals surface area contributed by atoms with Gasteiger partial charge in [0.05, 0.1) is 5.41 Å². The number of nitrogens with zero attached hydrogens (tertiary/aromatic N) is 1. The smallest absolute Gasteiger partial charge is 0.230 e. The number of aromatic hydroxyl groups is 1. The molecule has 1 amide bonds. The molecule has 0 aliphatic heterocycles. The average Bonchev–Trinajstić information content (AvgIpc) is 2.29. The highest BCUT2D eigenvalue weighted by atomic mass is 16.3. The van der Waals surface area contributed by atoms with E-state index in [0.29, 0.717) is 6.54 Å². The molecule has 0 spiro atoms. The van der Waals surface area contributed by atoms with Crippen molar-refractivity contribution in [2.45, 2.75) is 39.8 Å². The number of phenolic OH excluding ortho intramolecular Hbond substituents is 1. The molecule has 0 unspecified atom stereocenters. The lowest BCUT2D eigenvalue weighted by Gasteiger charge is -2.39. The molecule has 4 nitrogen and oxygen atoms in total. The van der Waals surface area contributed by atoms with Gasteiger partial charge < -0.3 is 15.7 Å². The molecule has 0 radical (unpaired) electrons. The van der Waals surface area contributed by atoms with Crippen LogP contribution in [0.1, 0.15) is 33.3 Å². The fourth-order valence-corrected chi connectivity index (χ4v) is 1.70. The zero-order valence-electron chi connectivity index (χ0n) is 12.4. The highest BCUT2D eigenvalue weighted by Gasteiger charge is 2.41. The molecule has 0 aromatic heterocycles. The van der Waals surface area contributed by atoms with Gasteiger partial charge in [-0.15, -0.1) is 0 Å². The molecule has 106 valence electrons. The number of rotatable bonds is 4. The molecule has 0 atom stereocenters. The van der Waals surface area contributed by atoms with Gasteiger partial charge in [0.15, 0.2) is 0 Å². The molecular weight excluding hydrogens is 240 g/mol. The number of carbonyl (C=O) groups excluding carboxylic acids is 1. The van der Waals surface area contributed by atoms with Crippen LogP contribution in [-0.2, 0) is 11.3 Å². The third kappa shape index (κ3) is 3.47. The van der Waals surface area contributed by atoms with Crippen LogP contribution >= 0.6 is 0 Å². The second-order valence-electron chi connectivity index (χ2n) is 6.17. The Bertz CT molecular complexity index is 444. The molecule has 19 heavy (non-hydrogen) atoms. The Balaban J connectivity index is 2.81. The van der Waals surface area contributed by atoms with E-state index in [0.717, 1.165) is 5.56 Å². The minimum Gasteiger partial charge on any atom is -0.508 e. The third-order valence-electron chi connectivity index (χ3n) is 3.85. The molecule has 0 aliphatic rings. The van der Waals surface area contributed by atoms with Crippen LogP contribution in [0.2, 0.25) is 0 Å². The number of carbonyl (C=O) groups is 1. The van der Waals surface area contributed by atoms with Gasteiger partial charge in [0.25, 0.3) is 0 Å². The number of amides is 1. The van der Waals surface area contributed by atoms with E-state index in [1.54, 1.807) is 36.2 Å². The van der Waals surface area contributed by atoms with E-state index >= 15 is 0 Å². The molecule has 1 rings (SSSR count). The second kappa shape index (κ2) is 5.21. The lowest BCUT2D eigenvalue weighted by atomic mass is 9.74. The lowest BCUT2D eigenvalue weighted by Crippen LogP contribution is -2.55. The first-order valence-electron chi connectivity index (χ1n) is 6.38. The van der Waals surface area contributed by atoms with Gasteiger partial charge in [-0.25, -0.2) is 0 Å². The predicted molar refractivity (Wildman–Crippen MR) is 76.6 cm³/mol. The van der Waals surface area contributed by atoms with Gasteiger partial charge in [-0.1, -0.05) is 12.1 Å². The summed E-state index contributed by atoms with van der Waals surface area (Å²) in [5, 5.41) is 9.24. The minimum absolute atomic E-state index is 0.00748. The molecule has 0 saturated heterocycles.